The van der Waals surface area contributed by atoms with Crippen LogP contribution in [0.3, 0.4) is 0 Å². The van der Waals surface area contributed by atoms with Gasteiger partial charge in [0.1, 0.15) is 0 Å². The van der Waals surface area contributed by atoms with E-state index in [9.17, 15) is 5.11 Å². The van der Waals surface area contributed by atoms with E-state index in [1.807, 2.05) is 30.4 Å². The van der Waals surface area contributed by atoms with Crippen LogP contribution in [0.1, 0.15) is 5.56 Å². The summed E-state index contributed by atoms with van der Waals surface area (Å²) in [4.78, 5) is 4.61. The molecule has 0 spiro atoms. The molecule has 5 heteroatoms. The van der Waals surface area contributed by atoms with Crippen LogP contribution in [0.2, 0.25) is 0 Å². The Bertz CT molecular complexity index is 510. The molecule has 114 valence electrons. The summed E-state index contributed by atoms with van der Waals surface area (Å²) in [6, 6.07) is 5.79. The summed E-state index contributed by atoms with van der Waals surface area (Å²) in [5.74, 6) is 1.55. The maximum atomic E-state index is 10.1. The Kier molecular flexibility index (Phi) is 4.43. The van der Waals surface area contributed by atoms with E-state index in [0.717, 1.165) is 43.2 Å². The van der Waals surface area contributed by atoms with Gasteiger partial charge in [-0.3, -0.25) is 4.90 Å². The highest BCUT2D eigenvalue weighted by Crippen LogP contribution is 2.32. The molecule has 0 aromatic heterocycles. The van der Waals surface area contributed by atoms with Gasteiger partial charge < -0.3 is 19.5 Å². The Hall–Kier alpha value is -1.56. The fourth-order valence-electron chi connectivity index (χ4n) is 2.59. The SMILES string of the molecule is CN1CCN(CC(O)/C=C/c2ccc3c(c2)OCO3)CC1. The third-order valence-electron chi connectivity index (χ3n) is 3.95. The zero-order valence-electron chi connectivity index (χ0n) is 12.4. The summed E-state index contributed by atoms with van der Waals surface area (Å²) in [5, 5.41) is 10.1. The summed E-state index contributed by atoms with van der Waals surface area (Å²) in [7, 11) is 2.13. The van der Waals surface area contributed by atoms with E-state index in [4.69, 9.17) is 9.47 Å². The molecule has 1 atom stereocenters. The van der Waals surface area contributed by atoms with Gasteiger partial charge in [-0.05, 0) is 24.7 Å². The lowest BCUT2D eigenvalue weighted by Gasteiger charge is -2.33. The van der Waals surface area contributed by atoms with Crippen LogP contribution >= 0.6 is 0 Å². The lowest BCUT2D eigenvalue weighted by atomic mass is 10.1. The number of aliphatic hydroxyl groups excluding tert-OH is 1. The highest BCUT2D eigenvalue weighted by Gasteiger charge is 2.16. The van der Waals surface area contributed by atoms with E-state index >= 15 is 0 Å². The Labute approximate surface area is 125 Å². The summed E-state index contributed by atoms with van der Waals surface area (Å²) in [5.41, 5.74) is 1.01. The number of β-amino-alcohol motifs (C(OH)–C–C–N with tert-alkyl or cyclic N) is 1. The molecule has 0 amide bonds. The zero-order valence-corrected chi connectivity index (χ0v) is 12.4. The van der Waals surface area contributed by atoms with Crippen molar-refractivity contribution in [3.8, 4) is 11.5 Å². The minimum atomic E-state index is -0.446. The van der Waals surface area contributed by atoms with E-state index in [2.05, 4.69) is 16.8 Å². The first-order valence-electron chi connectivity index (χ1n) is 7.37. The summed E-state index contributed by atoms with van der Waals surface area (Å²) in [6.07, 6.45) is 3.33. The number of benzene rings is 1. The smallest absolute Gasteiger partial charge is 0.231 e. The van der Waals surface area contributed by atoms with E-state index in [0.29, 0.717) is 6.54 Å². The van der Waals surface area contributed by atoms with Gasteiger partial charge in [-0.25, -0.2) is 0 Å². The molecule has 1 aromatic rings. The zero-order chi connectivity index (χ0) is 14.7. The van der Waals surface area contributed by atoms with Crippen LogP contribution in [0.5, 0.6) is 11.5 Å². The molecule has 0 saturated carbocycles. The first-order chi connectivity index (χ1) is 10.2. The van der Waals surface area contributed by atoms with Crippen molar-refractivity contribution in [2.45, 2.75) is 6.10 Å². The van der Waals surface area contributed by atoms with Crippen molar-refractivity contribution in [2.24, 2.45) is 0 Å². The molecular weight excluding hydrogens is 268 g/mol. The average molecular weight is 290 g/mol. The molecule has 1 unspecified atom stereocenters. The minimum absolute atomic E-state index is 0.286. The van der Waals surface area contributed by atoms with E-state index < -0.39 is 6.10 Å². The lowest BCUT2D eigenvalue weighted by Crippen LogP contribution is -2.46. The van der Waals surface area contributed by atoms with Crippen molar-refractivity contribution in [2.75, 3.05) is 46.6 Å². The summed E-state index contributed by atoms with van der Waals surface area (Å²) < 4.78 is 10.6. The number of hydrogen-bond donors (Lipinski definition) is 1. The van der Waals surface area contributed by atoms with Crippen molar-refractivity contribution in [3.63, 3.8) is 0 Å². The Morgan fingerprint density at radius 1 is 1.19 bits per heavy atom. The monoisotopic (exact) mass is 290 g/mol. The quantitative estimate of drug-likeness (QED) is 0.897. The van der Waals surface area contributed by atoms with Crippen LogP contribution in [-0.2, 0) is 0 Å². The predicted octanol–water partition coefficient (Wildman–Crippen LogP) is 1.04. The van der Waals surface area contributed by atoms with Gasteiger partial charge in [0.15, 0.2) is 11.5 Å². The second-order valence-electron chi connectivity index (χ2n) is 5.64. The normalized spacial score (nSPS) is 21.0. The van der Waals surface area contributed by atoms with Crippen molar-refractivity contribution in [3.05, 3.63) is 29.8 Å². The number of nitrogens with zero attached hydrogens (tertiary/aromatic N) is 2. The van der Waals surface area contributed by atoms with Crippen molar-refractivity contribution < 1.29 is 14.6 Å². The molecular formula is C16H22N2O3. The third-order valence-corrected chi connectivity index (χ3v) is 3.95. The molecule has 2 aliphatic heterocycles. The molecule has 5 nitrogen and oxygen atoms in total. The third kappa shape index (κ3) is 3.75. The molecule has 1 N–H and O–H groups in total. The first-order valence-corrected chi connectivity index (χ1v) is 7.37. The highest BCUT2D eigenvalue weighted by atomic mass is 16.7. The van der Waals surface area contributed by atoms with Crippen LogP contribution in [0.15, 0.2) is 24.3 Å². The summed E-state index contributed by atoms with van der Waals surface area (Å²) in [6.45, 7) is 5.15. The number of piperazine rings is 1. The van der Waals surface area contributed by atoms with Crippen LogP contribution < -0.4 is 9.47 Å². The van der Waals surface area contributed by atoms with Gasteiger partial charge in [0.25, 0.3) is 0 Å². The maximum Gasteiger partial charge on any atom is 0.231 e. The number of ether oxygens (including phenoxy) is 2. The molecule has 21 heavy (non-hydrogen) atoms. The van der Waals surface area contributed by atoms with E-state index in [-0.39, 0.29) is 6.79 Å². The van der Waals surface area contributed by atoms with Gasteiger partial charge in [-0.1, -0.05) is 18.2 Å². The Morgan fingerprint density at radius 3 is 2.76 bits per heavy atom. The van der Waals surface area contributed by atoms with Crippen LogP contribution in [0.25, 0.3) is 6.08 Å². The largest absolute Gasteiger partial charge is 0.454 e. The van der Waals surface area contributed by atoms with Crippen LogP contribution in [0, 0.1) is 0 Å². The second kappa shape index (κ2) is 6.47. The molecule has 2 heterocycles. The fourth-order valence-corrected chi connectivity index (χ4v) is 2.59. The highest BCUT2D eigenvalue weighted by molar-refractivity contribution is 5.56. The van der Waals surface area contributed by atoms with Crippen molar-refractivity contribution in [1.29, 1.82) is 0 Å². The molecule has 2 aliphatic rings. The van der Waals surface area contributed by atoms with E-state index in [1.165, 1.54) is 0 Å². The molecule has 3 rings (SSSR count). The maximum absolute atomic E-state index is 10.1. The first kappa shape index (κ1) is 14.4. The van der Waals surface area contributed by atoms with Gasteiger partial charge >= 0.3 is 0 Å². The van der Waals surface area contributed by atoms with Gasteiger partial charge in [0, 0.05) is 32.7 Å². The van der Waals surface area contributed by atoms with E-state index in [1.54, 1.807) is 0 Å². The summed E-state index contributed by atoms with van der Waals surface area (Å²) >= 11 is 0. The number of fused-ring (bicyclic) bond motifs is 1. The van der Waals surface area contributed by atoms with Gasteiger partial charge in [0.05, 0.1) is 6.10 Å². The average Bonchev–Trinajstić information content (AvgIpc) is 2.95. The van der Waals surface area contributed by atoms with Gasteiger partial charge in [-0.2, -0.15) is 0 Å². The van der Waals surface area contributed by atoms with Crippen molar-refractivity contribution in [1.82, 2.24) is 9.80 Å². The topological polar surface area (TPSA) is 45.2 Å². The fraction of sp³-hybridized carbons (Fsp3) is 0.500. The number of hydrogen-bond acceptors (Lipinski definition) is 5. The molecule has 1 fully saturated rings. The molecule has 1 saturated heterocycles. The Morgan fingerprint density at radius 2 is 1.95 bits per heavy atom. The lowest BCUT2D eigenvalue weighted by molar-refractivity contribution is 0.103. The molecule has 0 radical (unpaired) electrons. The molecule has 0 bridgehead atoms. The standard InChI is InChI=1S/C16H22N2O3/c1-17-6-8-18(9-7-17)11-14(19)4-2-13-3-5-15-16(10-13)21-12-20-15/h2-5,10,14,19H,6-9,11-12H2,1H3/b4-2+. The van der Waals surface area contributed by atoms with Gasteiger partial charge in [0.2, 0.25) is 6.79 Å². The molecule has 0 aliphatic carbocycles. The van der Waals surface area contributed by atoms with Crippen LogP contribution in [-0.4, -0.2) is 67.6 Å². The predicted molar refractivity (Wildman–Crippen MR) is 81.5 cm³/mol. The number of aliphatic hydroxyl groups is 1. The van der Waals surface area contributed by atoms with Crippen LogP contribution in [0.4, 0.5) is 0 Å². The molecule has 1 aromatic carbocycles. The number of likely N-dealkylation sites (N-methyl/N-ethyl adjacent to an activating group) is 1. The minimum Gasteiger partial charge on any atom is -0.454 e. The van der Waals surface area contributed by atoms with Gasteiger partial charge in [-0.15, -0.1) is 0 Å². The Balaban J connectivity index is 1.53. The second-order valence-corrected chi connectivity index (χ2v) is 5.64. The van der Waals surface area contributed by atoms with Crippen molar-refractivity contribution >= 4 is 6.08 Å². The number of rotatable bonds is 4.